The number of aromatic nitrogens is 4. The van der Waals surface area contributed by atoms with Crippen molar-refractivity contribution in [3.63, 3.8) is 0 Å². The summed E-state index contributed by atoms with van der Waals surface area (Å²) in [5.41, 5.74) is 2.46. The van der Waals surface area contributed by atoms with Crippen molar-refractivity contribution in [3.8, 4) is 0 Å². The fraction of sp³-hybridized carbons (Fsp3) is 0.333. The molecule has 32 heavy (non-hydrogen) atoms. The first-order valence-electron chi connectivity index (χ1n) is 10.5. The van der Waals surface area contributed by atoms with Crippen LogP contribution in [0.25, 0.3) is 16.6 Å². The highest BCUT2D eigenvalue weighted by molar-refractivity contribution is 6.29. The molecule has 166 valence electrons. The highest BCUT2D eigenvalue weighted by Gasteiger charge is 2.27. The summed E-state index contributed by atoms with van der Waals surface area (Å²) in [6, 6.07) is 13.4. The maximum Gasteiger partial charge on any atom is 0.416 e. The van der Waals surface area contributed by atoms with Crippen LogP contribution in [-0.4, -0.2) is 31.3 Å². The standard InChI is InChI=1S/C24H26ClN5O2/c1-15(2)18-13-26-30-21(12-20(25)28-22(18)30)29(23(31)32-24(3,4)5)14-17-11-10-16-8-6-7-9-19(16)27-17/h6-13,15H,14H2,1-5H3. The van der Waals surface area contributed by atoms with Gasteiger partial charge in [-0.1, -0.05) is 49.7 Å². The van der Waals surface area contributed by atoms with Gasteiger partial charge in [-0.05, 0) is 38.8 Å². The molecule has 0 N–H and O–H groups in total. The Morgan fingerprint density at radius 2 is 1.91 bits per heavy atom. The largest absolute Gasteiger partial charge is 0.443 e. The summed E-state index contributed by atoms with van der Waals surface area (Å²) in [4.78, 5) is 24.0. The Morgan fingerprint density at radius 1 is 1.16 bits per heavy atom. The van der Waals surface area contributed by atoms with E-state index in [0.29, 0.717) is 17.2 Å². The third-order valence-electron chi connectivity index (χ3n) is 4.94. The molecular weight excluding hydrogens is 426 g/mol. The topological polar surface area (TPSA) is 72.6 Å². The van der Waals surface area contributed by atoms with Crippen molar-refractivity contribution in [2.75, 3.05) is 4.90 Å². The number of hydrogen-bond donors (Lipinski definition) is 0. The Balaban J connectivity index is 1.83. The van der Waals surface area contributed by atoms with Gasteiger partial charge in [0.25, 0.3) is 0 Å². The van der Waals surface area contributed by atoms with Crippen LogP contribution in [0.2, 0.25) is 5.15 Å². The van der Waals surface area contributed by atoms with Gasteiger partial charge in [0.05, 0.1) is 24.0 Å². The van der Waals surface area contributed by atoms with E-state index in [2.05, 4.69) is 23.9 Å². The summed E-state index contributed by atoms with van der Waals surface area (Å²) < 4.78 is 7.34. The predicted octanol–water partition coefficient (Wildman–Crippen LogP) is 6.00. The van der Waals surface area contributed by atoms with Crippen LogP contribution in [-0.2, 0) is 11.3 Å². The first-order chi connectivity index (χ1) is 15.1. The van der Waals surface area contributed by atoms with Gasteiger partial charge in [-0.15, -0.1) is 0 Å². The van der Waals surface area contributed by atoms with Gasteiger partial charge in [0, 0.05) is 17.0 Å². The van der Waals surface area contributed by atoms with Gasteiger partial charge in [0.15, 0.2) is 5.65 Å². The lowest BCUT2D eigenvalue weighted by Crippen LogP contribution is -2.37. The zero-order valence-electron chi connectivity index (χ0n) is 18.8. The molecule has 0 saturated carbocycles. The fourth-order valence-electron chi connectivity index (χ4n) is 3.45. The van der Waals surface area contributed by atoms with Crippen LogP contribution in [0.5, 0.6) is 0 Å². The number of carbonyl (C=O) groups is 1. The highest BCUT2D eigenvalue weighted by Crippen LogP contribution is 2.28. The van der Waals surface area contributed by atoms with Gasteiger partial charge in [-0.25, -0.2) is 9.78 Å². The zero-order valence-corrected chi connectivity index (χ0v) is 19.6. The van der Waals surface area contributed by atoms with Crippen LogP contribution in [0.1, 0.15) is 51.8 Å². The predicted molar refractivity (Wildman–Crippen MR) is 126 cm³/mol. The second kappa shape index (κ2) is 8.39. The van der Waals surface area contributed by atoms with E-state index in [9.17, 15) is 4.79 Å². The number of halogens is 1. The van der Waals surface area contributed by atoms with Crippen molar-refractivity contribution in [2.45, 2.75) is 52.7 Å². The molecule has 8 heteroatoms. The molecule has 7 nitrogen and oxygen atoms in total. The molecule has 0 fully saturated rings. The van der Waals surface area contributed by atoms with Gasteiger partial charge in [-0.3, -0.25) is 9.88 Å². The molecule has 3 aromatic heterocycles. The van der Waals surface area contributed by atoms with Crippen molar-refractivity contribution in [1.82, 2.24) is 19.6 Å². The Morgan fingerprint density at radius 3 is 2.62 bits per heavy atom. The Labute approximate surface area is 192 Å². The Hall–Kier alpha value is -3.19. The number of ether oxygens (including phenoxy) is 1. The molecule has 0 aliphatic rings. The van der Waals surface area contributed by atoms with Crippen LogP contribution < -0.4 is 4.90 Å². The summed E-state index contributed by atoms with van der Waals surface area (Å²) in [5.74, 6) is 0.666. The second-order valence-corrected chi connectivity index (χ2v) is 9.38. The summed E-state index contributed by atoms with van der Waals surface area (Å²) in [6.07, 6.45) is 1.24. The molecule has 0 aliphatic heterocycles. The summed E-state index contributed by atoms with van der Waals surface area (Å²) >= 11 is 6.37. The van der Waals surface area contributed by atoms with Gasteiger partial charge in [0.1, 0.15) is 16.6 Å². The number of anilines is 1. The highest BCUT2D eigenvalue weighted by atomic mass is 35.5. The quantitative estimate of drug-likeness (QED) is 0.356. The minimum absolute atomic E-state index is 0.187. The Bertz CT molecular complexity index is 1290. The lowest BCUT2D eigenvalue weighted by atomic mass is 10.1. The molecule has 0 saturated heterocycles. The number of pyridine rings is 1. The number of nitrogens with zero attached hydrogens (tertiary/aromatic N) is 5. The maximum atomic E-state index is 13.3. The van der Waals surface area contributed by atoms with Crippen molar-refractivity contribution in [2.24, 2.45) is 0 Å². The van der Waals surface area contributed by atoms with Gasteiger partial charge in [-0.2, -0.15) is 9.61 Å². The number of hydrogen-bond acceptors (Lipinski definition) is 5. The van der Waals surface area contributed by atoms with Crippen LogP contribution in [0.15, 0.2) is 48.7 Å². The molecular formula is C24H26ClN5O2. The number of carbonyl (C=O) groups excluding carboxylic acids is 1. The van der Waals surface area contributed by atoms with Gasteiger partial charge in [0.2, 0.25) is 0 Å². The average Bonchev–Trinajstić information content (AvgIpc) is 3.14. The number of para-hydroxylation sites is 1. The SMILES string of the molecule is CC(C)c1cnn2c(N(Cc3ccc4ccccc4n3)C(=O)OC(C)(C)C)cc(Cl)nc12. The van der Waals surface area contributed by atoms with Crippen molar-refractivity contribution in [1.29, 1.82) is 0 Å². The summed E-state index contributed by atoms with van der Waals surface area (Å²) in [5, 5.41) is 5.80. The monoisotopic (exact) mass is 451 g/mol. The molecule has 0 atom stereocenters. The zero-order chi connectivity index (χ0) is 23.0. The molecule has 3 heterocycles. The second-order valence-electron chi connectivity index (χ2n) is 8.99. The van der Waals surface area contributed by atoms with Gasteiger partial charge < -0.3 is 4.74 Å². The lowest BCUT2D eigenvalue weighted by molar-refractivity contribution is 0.0575. The van der Waals surface area contributed by atoms with Crippen molar-refractivity contribution in [3.05, 3.63) is 65.1 Å². The number of amides is 1. The minimum atomic E-state index is -0.671. The third-order valence-corrected chi connectivity index (χ3v) is 5.13. The Kier molecular flexibility index (Phi) is 5.77. The smallest absolute Gasteiger partial charge is 0.416 e. The number of benzene rings is 1. The summed E-state index contributed by atoms with van der Waals surface area (Å²) in [7, 11) is 0. The van der Waals surface area contributed by atoms with Crippen LogP contribution >= 0.6 is 11.6 Å². The third kappa shape index (κ3) is 4.53. The number of fused-ring (bicyclic) bond motifs is 2. The maximum absolute atomic E-state index is 13.3. The molecule has 0 radical (unpaired) electrons. The first kappa shape index (κ1) is 22.0. The lowest BCUT2D eigenvalue weighted by Gasteiger charge is -2.27. The van der Waals surface area contributed by atoms with E-state index in [1.807, 2.05) is 57.2 Å². The molecule has 1 amide bonds. The van der Waals surface area contributed by atoms with Crippen molar-refractivity contribution >= 4 is 40.1 Å². The molecule has 0 unspecified atom stereocenters. The van der Waals surface area contributed by atoms with E-state index in [-0.39, 0.29) is 17.6 Å². The van der Waals surface area contributed by atoms with Crippen LogP contribution in [0, 0.1) is 0 Å². The first-order valence-corrected chi connectivity index (χ1v) is 10.9. The van der Waals surface area contributed by atoms with Crippen LogP contribution in [0.4, 0.5) is 10.6 Å². The summed E-state index contributed by atoms with van der Waals surface area (Å²) in [6.45, 7) is 9.80. The van der Waals surface area contributed by atoms with E-state index < -0.39 is 11.7 Å². The van der Waals surface area contributed by atoms with Gasteiger partial charge >= 0.3 is 6.09 Å². The van der Waals surface area contributed by atoms with E-state index >= 15 is 0 Å². The minimum Gasteiger partial charge on any atom is -0.443 e. The van der Waals surface area contributed by atoms with E-state index in [1.165, 1.54) is 4.90 Å². The molecule has 0 spiro atoms. The van der Waals surface area contributed by atoms with E-state index in [0.717, 1.165) is 16.5 Å². The number of rotatable bonds is 4. The normalized spacial score (nSPS) is 12.0. The van der Waals surface area contributed by atoms with Crippen molar-refractivity contribution < 1.29 is 9.53 Å². The average molecular weight is 452 g/mol. The molecule has 4 rings (SSSR count). The molecule has 4 aromatic rings. The molecule has 1 aromatic carbocycles. The molecule has 0 bridgehead atoms. The fourth-order valence-corrected chi connectivity index (χ4v) is 3.63. The van der Waals surface area contributed by atoms with E-state index in [4.69, 9.17) is 21.3 Å². The van der Waals surface area contributed by atoms with E-state index in [1.54, 1.807) is 16.8 Å². The van der Waals surface area contributed by atoms with Crippen LogP contribution in [0.3, 0.4) is 0 Å². The molecule has 0 aliphatic carbocycles.